The summed E-state index contributed by atoms with van der Waals surface area (Å²) in [6, 6.07) is 0. The minimum atomic E-state index is -5.55. The Labute approximate surface area is 96.8 Å². The fourth-order valence-corrected chi connectivity index (χ4v) is 1.80. The molecule has 0 unspecified atom stereocenters. The van der Waals surface area contributed by atoms with Gasteiger partial charge in [0.1, 0.15) is 5.76 Å². The molecule has 0 radical (unpaired) electrons. The maximum absolute atomic E-state index is 12.0. The first-order chi connectivity index (χ1) is 7.76. The molecule has 0 N–H and O–H groups in total. The molecular weight excluding hydrogens is 261 g/mol. The zero-order valence-electron chi connectivity index (χ0n) is 8.95. The van der Waals surface area contributed by atoms with Crippen LogP contribution in [0.2, 0.25) is 0 Å². The van der Waals surface area contributed by atoms with Gasteiger partial charge in [-0.15, -0.1) is 0 Å². The van der Waals surface area contributed by atoms with Crippen molar-refractivity contribution in [2.45, 2.75) is 24.8 Å². The van der Waals surface area contributed by atoms with Crippen LogP contribution in [0.5, 0.6) is 0 Å². The molecule has 0 aliphatic heterocycles. The number of ether oxygens (including phenoxy) is 1. The second kappa shape index (κ2) is 4.99. The van der Waals surface area contributed by atoms with Gasteiger partial charge in [-0.3, -0.25) is 0 Å². The van der Waals surface area contributed by atoms with Crippen LogP contribution < -0.4 is 0 Å². The summed E-state index contributed by atoms with van der Waals surface area (Å²) in [5, 5.41) is 0. The van der Waals surface area contributed by atoms with Crippen LogP contribution in [0.3, 0.4) is 0 Å². The van der Waals surface area contributed by atoms with Gasteiger partial charge in [0.15, 0.2) is 0 Å². The SMILES string of the molecule is COC=C1CC=C(OS(=O)(=O)C(F)(F)F)CC1. The summed E-state index contributed by atoms with van der Waals surface area (Å²) < 4.78 is 66.2. The standard InChI is InChI=1S/C9H11F3O4S/c1-15-6-7-2-4-8(5-3-7)16-17(13,14)9(10,11)12/h4,6H,2-3,5H2,1H3. The zero-order chi connectivity index (χ0) is 13.1. The van der Waals surface area contributed by atoms with Crippen LogP contribution >= 0.6 is 0 Å². The Balaban J connectivity index is 2.71. The Hall–Kier alpha value is -1.18. The molecule has 1 rings (SSSR count). The fraction of sp³-hybridized carbons (Fsp3) is 0.556. The Kier molecular flexibility index (Phi) is 4.07. The van der Waals surface area contributed by atoms with E-state index < -0.39 is 15.6 Å². The highest BCUT2D eigenvalue weighted by atomic mass is 32.2. The normalized spacial score (nSPS) is 20.0. The molecule has 0 atom stereocenters. The van der Waals surface area contributed by atoms with Crippen molar-refractivity contribution in [2.24, 2.45) is 0 Å². The van der Waals surface area contributed by atoms with Gasteiger partial charge in [0.2, 0.25) is 0 Å². The average molecular weight is 272 g/mol. The lowest BCUT2D eigenvalue weighted by Gasteiger charge is -2.16. The predicted octanol–water partition coefficient (Wildman–Crippen LogP) is 2.45. The van der Waals surface area contributed by atoms with Gasteiger partial charge in [0, 0.05) is 6.42 Å². The summed E-state index contributed by atoms with van der Waals surface area (Å²) in [5.74, 6) is -0.185. The van der Waals surface area contributed by atoms with Crippen molar-refractivity contribution in [1.82, 2.24) is 0 Å². The highest BCUT2D eigenvalue weighted by Crippen LogP contribution is 2.30. The molecule has 0 aromatic heterocycles. The van der Waals surface area contributed by atoms with Crippen LogP contribution in [0.15, 0.2) is 23.7 Å². The number of methoxy groups -OCH3 is 1. The van der Waals surface area contributed by atoms with Crippen molar-refractivity contribution in [1.29, 1.82) is 0 Å². The first-order valence-corrected chi connectivity index (χ1v) is 6.07. The summed E-state index contributed by atoms with van der Waals surface area (Å²) in [4.78, 5) is 0. The van der Waals surface area contributed by atoms with Crippen molar-refractivity contribution < 1.29 is 30.5 Å². The van der Waals surface area contributed by atoms with E-state index in [1.165, 1.54) is 19.4 Å². The van der Waals surface area contributed by atoms with Gasteiger partial charge in [-0.05, 0) is 24.5 Å². The van der Waals surface area contributed by atoms with Crippen molar-refractivity contribution in [3.63, 3.8) is 0 Å². The molecule has 17 heavy (non-hydrogen) atoms. The Morgan fingerprint density at radius 1 is 1.35 bits per heavy atom. The minimum Gasteiger partial charge on any atom is -0.504 e. The van der Waals surface area contributed by atoms with Gasteiger partial charge in [0.05, 0.1) is 13.4 Å². The third kappa shape index (κ3) is 3.65. The average Bonchev–Trinajstić information content (AvgIpc) is 2.19. The lowest BCUT2D eigenvalue weighted by Crippen LogP contribution is -2.25. The molecule has 0 heterocycles. The van der Waals surface area contributed by atoms with Gasteiger partial charge in [-0.25, -0.2) is 0 Å². The van der Waals surface area contributed by atoms with Gasteiger partial charge in [-0.1, -0.05) is 0 Å². The number of hydrogen-bond acceptors (Lipinski definition) is 4. The fourth-order valence-electron chi connectivity index (χ4n) is 1.27. The summed E-state index contributed by atoms with van der Waals surface area (Å²) in [6.45, 7) is 0. The van der Waals surface area contributed by atoms with Gasteiger partial charge < -0.3 is 8.92 Å². The third-order valence-corrected chi connectivity index (χ3v) is 3.07. The summed E-state index contributed by atoms with van der Waals surface area (Å²) in [7, 11) is -4.09. The Morgan fingerprint density at radius 2 is 2.00 bits per heavy atom. The number of alkyl halides is 3. The molecule has 0 saturated carbocycles. The second-order valence-corrected chi connectivity index (χ2v) is 4.91. The van der Waals surface area contributed by atoms with E-state index in [1.807, 2.05) is 0 Å². The number of halogens is 3. The lowest BCUT2D eigenvalue weighted by atomic mass is 10.0. The number of hydrogen-bond donors (Lipinski definition) is 0. The summed E-state index contributed by atoms with van der Waals surface area (Å²) in [5.41, 5.74) is -4.53. The lowest BCUT2D eigenvalue weighted by molar-refractivity contribution is -0.0523. The highest BCUT2D eigenvalue weighted by molar-refractivity contribution is 7.87. The van der Waals surface area contributed by atoms with Crippen molar-refractivity contribution >= 4 is 10.1 Å². The van der Waals surface area contributed by atoms with Gasteiger partial charge in [-0.2, -0.15) is 21.6 Å². The first kappa shape index (κ1) is 13.9. The van der Waals surface area contributed by atoms with Crippen LogP contribution in [0.1, 0.15) is 19.3 Å². The molecular formula is C9H11F3O4S. The van der Waals surface area contributed by atoms with E-state index in [1.54, 1.807) is 0 Å². The van der Waals surface area contributed by atoms with E-state index in [0.29, 0.717) is 12.8 Å². The Bertz CT molecular complexity index is 434. The molecule has 0 spiro atoms. The molecule has 0 fully saturated rings. The molecule has 1 aliphatic rings. The minimum absolute atomic E-state index is 0.102. The molecule has 8 heteroatoms. The van der Waals surface area contributed by atoms with Crippen LogP contribution in [-0.4, -0.2) is 21.0 Å². The number of rotatable bonds is 3. The topological polar surface area (TPSA) is 52.6 Å². The molecule has 98 valence electrons. The molecule has 0 saturated heterocycles. The van der Waals surface area contributed by atoms with Crippen molar-refractivity contribution in [3.8, 4) is 0 Å². The smallest absolute Gasteiger partial charge is 0.504 e. The van der Waals surface area contributed by atoms with E-state index in [4.69, 9.17) is 4.74 Å². The molecule has 1 aliphatic carbocycles. The van der Waals surface area contributed by atoms with Crippen LogP contribution in [0, 0.1) is 0 Å². The molecule has 0 aromatic rings. The van der Waals surface area contributed by atoms with Gasteiger partial charge >= 0.3 is 15.6 Å². The molecule has 0 amide bonds. The summed E-state index contributed by atoms with van der Waals surface area (Å²) >= 11 is 0. The molecule has 4 nitrogen and oxygen atoms in total. The monoisotopic (exact) mass is 272 g/mol. The Morgan fingerprint density at radius 3 is 2.41 bits per heavy atom. The quantitative estimate of drug-likeness (QED) is 0.450. The van der Waals surface area contributed by atoms with E-state index >= 15 is 0 Å². The van der Waals surface area contributed by atoms with Crippen LogP contribution in [-0.2, 0) is 19.0 Å². The first-order valence-electron chi connectivity index (χ1n) is 4.67. The van der Waals surface area contributed by atoms with Crippen molar-refractivity contribution in [2.75, 3.05) is 7.11 Å². The second-order valence-electron chi connectivity index (χ2n) is 3.37. The van der Waals surface area contributed by atoms with Gasteiger partial charge in [0.25, 0.3) is 0 Å². The van der Waals surface area contributed by atoms with E-state index in [2.05, 4.69) is 4.18 Å². The predicted molar refractivity (Wildman–Crippen MR) is 53.1 cm³/mol. The maximum Gasteiger partial charge on any atom is 0.534 e. The largest absolute Gasteiger partial charge is 0.534 e. The van der Waals surface area contributed by atoms with E-state index in [9.17, 15) is 21.6 Å². The van der Waals surface area contributed by atoms with Crippen LogP contribution in [0.25, 0.3) is 0 Å². The van der Waals surface area contributed by atoms with E-state index in [0.717, 1.165) is 5.57 Å². The van der Waals surface area contributed by atoms with E-state index in [-0.39, 0.29) is 12.2 Å². The van der Waals surface area contributed by atoms with Crippen molar-refractivity contribution in [3.05, 3.63) is 23.7 Å². The van der Waals surface area contributed by atoms with Crippen LogP contribution in [0.4, 0.5) is 13.2 Å². The highest BCUT2D eigenvalue weighted by Gasteiger charge is 2.48. The zero-order valence-corrected chi connectivity index (χ0v) is 9.77. The third-order valence-electron chi connectivity index (χ3n) is 2.07. The summed E-state index contributed by atoms with van der Waals surface area (Å²) in [6.07, 6.45) is 3.61. The molecule has 0 bridgehead atoms. The maximum atomic E-state index is 12.0. The molecule has 0 aromatic carbocycles. The number of allylic oxidation sites excluding steroid dienone is 3.